The number of hydrogen-bond donors (Lipinski definition) is 0. The summed E-state index contributed by atoms with van der Waals surface area (Å²) in [6.45, 7) is 6.57. The number of ether oxygens (including phenoxy) is 3. The third-order valence-corrected chi connectivity index (χ3v) is 12.5. The van der Waals surface area contributed by atoms with E-state index in [-0.39, 0.29) is 31.1 Å². The predicted octanol–water partition coefficient (Wildman–Crippen LogP) is 18.3. The molecule has 0 radical (unpaired) electrons. The maximum atomic E-state index is 12.7. The molecule has 6 nitrogen and oxygen atoms in total. The molecule has 0 aliphatic rings. The van der Waals surface area contributed by atoms with Gasteiger partial charge in [-0.2, -0.15) is 0 Å². The van der Waals surface area contributed by atoms with Gasteiger partial charge < -0.3 is 14.2 Å². The summed E-state index contributed by atoms with van der Waals surface area (Å²) in [5.41, 5.74) is 0. The van der Waals surface area contributed by atoms with Crippen LogP contribution in [0.2, 0.25) is 0 Å². The molecule has 6 heteroatoms. The normalized spacial score (nSPS) is 12.1. The van der Waals surface area contributed by atoms with E-state index < -0.39 is 6.10 Å². The second kappa shape index (κ2) is 52.5. The molecule has 63 heavy (non-hydrogen) atoms. The van der Waals surface area contributed by atoms with Gasteiger partial charge in [0.1, 0.15) is 13.2 Å². The highest BCUT2D eigenvalue weighted by molar-refractivity contribution is 5.71. The van der Waals surface area contributed by atoms with Crippen molar-refractivity contribution in [3.8, 4) is 0 Å². The van der Waals surface area contributed by atoms with Crippen LogP contribution in [0.1, 0.15) is 303 Å². The van der Waals surface area contributed by atoms with E-state index >= 15 is 0 Å². The summed E-state index contributed by atoms with van der Waals surface area (Å²) >= 11 is 0. The van der Waals surface area contributed by atoms with Gasteiger partial charge in [0.2, 0.25) is 0 Å². The number of allylic oxidation sites excluding steroid dienone is 4. The summed E-state index contributed by atoms with van der Waals surface area (Å²) in [6, 6.07) is 0. The van der Waals surface area contributed by atoms with Gasteiger partial charge in [0, 0.05) is 19.3 Å². The van der Waals surface area contributed by atoms with Crippen LogP contribution in [-0.2, 0) is 28.6 Å². The van der Waals surface area contributed by atoms with Crippen molar-refractivity contribution in [2.75, 3.05) is 13.2 Å². The fourth-order valence-electron chi connectivity index (χ4n) is 8.24. The fraction of sp³-hybridized carbons (Fsp3) is 0.877. The molecule has 0 saturated heterocycles. The van der Waals surface area contributed by atoms with Gasteiger partial charge in [0.15, 0.2) is 6.10 Å². The fourth-order valence-corrected chi connectivity index (χ4v) is 8.24. The first-order valence-electron chi connectivity index (χ1n) is 27.8. The zero-order valence-corrected chi connectivity index (χ0v) is 42.4. The van der Waals surface area contributed by atoms with Crippen LogP contribution in [0.5, 0.6) is 0 Å². The lowest BCUT2D eigenvalue weighted by molar-refractivity contribution is -0.167. The van der Waals surface area contributed by atoms with Crippen molar-refractivity contribution in [2.24, 2.45) is 0 Å². The van der Waals surface area contributed by atoms with E-state index in [9.17, 15) is 14.4 Å². The average Bonchev–Trinajstić information content (AvgIpc) is 3.28. The first-order chi connectivity index (χ1) is 31.0. The van der Waals surface area contributed by atoms with Crippen molar-refractivity contribution in [3.05, 3.63) is 24.3 Å². The number of hydrogen-bond acceptors (Lipinski definition) is 6. The standard InChI is InChI=1S/C57H106O6/c1-4-7-10-13-15-17-19-20-21-22-23-24-25-26-27-28-29-30-31-32-33-34-35-36-38-39-41-44-47-50-56(59)62-53-54(52-61-55(58)49-46-43-12-9-6-3)63-57(60)51-48-45-42-40-37-18-16-14-11-8-5-2/h19-20,22-23,54H,4-18,21,24-53H2,1-3H3/b20-19-,23-22-. The van der Waals surface area contributed by atoms with Crippen molar-refractivity contribution >= 4 is 17.9 Å². The monoisotopic (exact) mass is 887 g/mol. The largest absolute Gasteiger partial charge is 0.462 e. The predicted molar refractivity (Wildman–Crippen MR) is 270 cm³/mol. The Balaban J connectivity index is 3.91. The van der Waals surface area contributed by atoms with Gasteiger partial charge in [-0.05, 0) is 51.4 Å². The Morgan fingerprint density at radius 3 is 0.873 bits per heavy atom. The van der Waals surface area contributed by atoms with Crippen molar-refractivity contribution < 1.29 is 28.6 Å². The molecule has 0 spiro atoms. The third kappa shape index (κ3) is 50.7. The third-order valence-electron chi connectivity index (χ3n) is 12.5. The molecule has 0 aliphatic carbocycles. The molecule has 0 aromatic rings. The summed E-state index contributed by atoms with van der Waals surface area (Å²) in [5, 5.41) is 0. The number of carbonyl (C=O) groups excluding carboxylic acids is 3. The lowest BCUT2D eigenvalue weighted by Gasteiger charge is -2.18. The van der Waals surface area contributed by atoms with Gasteiger partial charge in [0.05, 0.1) is 0 Å². The van der Waals surface area contributed by atoms with E-state index in [4.69, 9.17) is 14.2 Å². The average molecular weight is 887 g/mol. The zero-order chi connectivity index (χ0) is 45.8. The summed E-state index contributed by atoms with van der Waals surface area (Å²) < 4.78 is 16.7. The second-order valence-electron chi connectivity index (χ2n) is 18.9. The van der Waals surface area contributed by atoms with Gasteiger partial charge in [-0.3, -0.25) is 14.4 Å². The molecular formula is C57H106O6. The minimum Gasteiger partial charge on any atom is -0.462 e. The van der Waals surface area contributed by atoms with Crippen LogP contribution < -0.4 is 0 Å². The Labute approximate surface area is 392 Å². The molecule has 0 saturated carbocycles. The van der Waals surface area contributed by atoms with E-state index in [1.807, 2.05) is 0 Å². The smallest absolute Gasteiger partial charge is 0.306 e. The highest BCUT2D eigenvalue weighted by Gasteiger charge is 2.19. The number of rotatable bonds is 51. The van der Waals surface area contributed by atoms with Crippen LogP contribution >= 0.6 is 0 Å². The number of carbonyl (C=O) groups is 3. The molecule has 0 aromatic heterocycles. The molecule has 0 heterocycles. The Kier molecular flexibility index (Phi) is 50.8. The van der Waals surface area contributed by atoms with E-state index in [0.29, 0.717) is 19.3 Å². The van der Waals surface area contributed by atoms with Crippen LogP contribution in [0.3, 0.4) is 0 Å². The molecule has 0 aromatic carbocycles. The second-order valence-corrected chi connectivity index (χ2v) is 18.9. The topological polar surface area (TPSA) is 78.9 Å². The highest BCUT2D eigenvalue weighted by atomic mass is 16.6. The quantitative estimate of drug-likeness (QED) is 0.0262. The van der Waals surface area contributed by atoms with Gasteiger partial charge in [-0.1, -0.05) is 257 Å². The Hall–Kier alpha value is -2.11. The lowest BCUT2D eigenvalue weighted by atomic mass is 10.0. The van der Waals surface area contributed by atoms with Crippen molar-refractivity contribution in [1.29, 1.82) is 0 Å². The van der Waals surface area contributed by atoms with Crippen LogP contribution in [0.15, 0.2) is 24.3 Å². The van der Waals surface area contributed by atoms with Crippen molar-refractivity contribution in [1.82, 2.24) is 0 Å². The van der Waals surface area contributed by atoms with Gasteiger partial charge in [-0.15, -0.1) is 0 Å². The van der Waals surface area contributed by atoms with Gasteiger partial charge in [0.25, 0.3) is 0 Å². The minimum atomic E-state index is -0.761. The molecule has 0 bridgehead atoms. The maximum Gasteiger partial charge on any atom is 0.306 e. The van der Waals surface area contributed by atoms with E-state index in [0.717, 1.165) is 70.6 Å². The van der Waals surface area contributed by atoms with Crippen LogP contribution in [0.25, 0.3) is 0 Å². The summed E-state index contributed by atoms with van der Waals surface area (Å²) in [5.74, 6) is -0.868. The lowest BCUT2D eigenvalue weighted by Crippen LogP contribution is -2.30. The molecule has 370 valence electrons. The van der Waals surface area contributed by atoms with E-state index in [2.05, 4.69) is 45.1 Å². The molecular weight excluding hydrogens is 781 g/mol. The Morgan fingerprint density at radius 1 is 0.317 bits per heavy atom. The van der Waals surface area contributed by atoms with Crippen LogP contribution in [0.4, 0.5) is 0 Å². The maximum absolute atomic E-state index is 12.7. The summed E-state index contributed by atoms with van der Waals surface area (Å²) in [6.07, 6.45) is 60.9. The number of unbranched alkanes of at least 4 members (excludes halogenated alkanes) is 36. The highest BCUT2D eigenvalue weighted by Crippen LogP contribution is 2.17. The molecule has 0 rings (SSSR count). The van der Waals surface area contributed by atoms with Crippen LogP contribution in [-0.4, -0.2) is 37.2 Å². The first-order valence-corrected chi connectivity index (χ1v) is 27.8. The first kappa shape index (κ1) is 60.9. The molecule has 0 fully saturated rings. The Bertz CT molecular complexity index is 1020. The van der Waals surface area contributed by atoms with Gasteiger partial charge in [-0.25, -0.2) is 0 Å². The SMILES string of the molecule is CCCCCCC/C=C\C/C=C\CCCCCCCCCCCCCCCCCCCC(=O)OCC(COC(=O)CCCCCCC)OC(=O)CCCCCCCCCCCCC. The van der Waals surface area contributed by atoms with E-state index in [1.165, 1.54) is 193 Å². The van der Waals surface area contributed by atoms with E-state index in [1.54, 1.807) is 0 Å². The zero-order valence-electron chi connectivity index (χ0n) is 42.4. The number of esters is 3. The van der Waals surface area contributed by atoms with Crippen LogP contribution in [0, 0.1) is 0 Å². The molecule has 0 aliphatic heterocycles. The minimum absolute atomic E-state index is 0.0666. The molecule has 1 unspecified atom stereocenters. The molecule has 0 N–H and O–H groups in total. The summed E-state index contributed by atoms with van der Waals surface area (Å²) in [7, 11) is 0. The van der Waals surface area contributed by atoms with Gasteiger partial charge >= 0.3 is 17.9 Å². The molecule has 1 atom stereocenters. The van der Waals surface area contributed by atoms with Crippen molar-refractivity contribution in [3.63, 3.8) is 0 Å². The molecule has 0 amide bonds. The Morgan fingerprint density at radius 2 is 0.571 bits per heavy atom. The van der Waals surface area contributed by atoms with Crippen molar-refractivity contribution in [2.45, 2.75) is 309 Å². The summed E-state index contributed by atoms with van der Waals surface area (Å²) in [4.78, 5) is 37.6.